The summed E-state index contributed by atoms with van der Waals surface area (Å²) in [7, 11) is 0. The van der Waals surface area contributed by atoms with E-state index >= 15 is 0 Å². The first-order chi connectivity index (χ1) is 11.2. The molecule has 0 bridgehead atoms. The Morgan fingerprint density at radius 3 is 1.58 bits per heavy atom. The van der Waals surface area contributed by atoms with E-state index in [-0.39, 0.29) is 0 Å². The fourth-order valence-corrected chi connectivity index (χ4v) is 4.62. The van der Waals surface area contributed by atoms with Gasteiger partial charge in [0.2, 0.25) is 0 Å². The Balaban J connectivity index is 0.000000245. The van der Waals surface area contributed by atoms with Crippen molar-refractivity contribution in [2.45, 2.75) is 19.4 Å². The van der Waals surface area contributed by atoms with E-state index in [9.17, 15) is 19.8 Å². The van der Waals surface area contributed by atoms with E-state index in [0.717, 1.165) is 13.8 Å². The molecule has 124 valence electrons. The average Bonchev–Trinajstić information content (AvgIpc) is 2.56. The molecule has 1 N–H and O–H groups in total. The molecular weight excluding hydrogens is 415 g/mol. The number of carboxylic acid groups (broad SMARTS) is 2. The minimum atomic E-state index is -2.38. The van der Waals surface area contributed by atoms with Crippen molar-refractivity contribution in [3.63, 3.8) is 0 Å². The fourth-order valence-electron chi connectivity index (χ4n) is 1.62. The SMILES string of the molecule is CC(C(=O)[O-])C(C)(O)C(=O)[O-].c1cc[c]([Sn+2][c]2ccccc2)cc1. The standard InChI is InChI=1S/C6H10O5.2C6H5.Sn/c1-3(4(7)8)6(2,11)5(9)10;2*1-2-4-6-5-3-1;/h3,11H,1-2H3,(H,7,8)(H,9,10);2*1-5H;/q;;;+2/p-2. The third-order valence-electron chi connectivity index (χ3n) is 3.45. The predicted molar refractivity (Wildman–Crippen MR) is 87.7 cm³/mol. The van der Waals surface area contributed by atoms with Gasteiger partial charge in [-0.25, -0.2) is 0 Å². The number of carbonyl (C=O) groups is 2. The molecule has 2 aromatic carbocycles. The maximum atomic E-state index is 10.1. The van der Waals surface area contributed by atoms with Crippen molar-refractivity contribution < 1.29 is 24.9 Å². The molecule has 2 rings (SSSR count). The molecule has 2 atom stereocenters. The molecule has 0 radical (unpaired) electrons. The number of benzene rings is 2. The molecule has 0 fully saturated rings. The Bertz CT molecular complexity index is 618. The molecule has 0 spiro atoms. The van der Waals surface area contributed by atoms with Gasteiger partial charge >= 0.3 is 89.0 Å². The Morgan fingerprint density at radius 1 is 0.958 bits per heavy atom. The molecule has 5 nitrogen and oxygen atoms in total. The van der Waals surface area contributed by atoms with Gasteiger partial charge in [0.05, 0.1) is 5.97 Å². The van der Waals surface area contributed by atoms with Crippen LogP contribution in [0.3, 0.4) is 0 Å². The minimum absolute atomic E-state index is 0.517. The molecule has 2 aromatic rings. The van der Waals surface area contributed by atoms with Crippen molar-refractivity contribution in [2.24, 2.45) is 5.92 Å². The summed E-state index contributed by atoms with van der Waals surface area (Å²) >= 11 is -0.517. The summed E-state index contributed by atoms with van der Waals surface area (Å²) in [6.07, 6.45) is 0. The monoisotopic (exact) mass is 434 g/mol. The van der Waals surface area contributed by atoms with Crippen molar-refractivity contribution in [2.75, 3.05) is 0 Å². The molecule has 0 heterocycles. The molecule has 6 heteroatoms. The normalized spacial score (nSPS) is 13.5. The summed E-state index contributed by atoms with van der Waals surface area (Å²) in [6.45, 7) is 1.88. The number of aliphatic hydroxyl groups is 1. The van der Waals surface area contributed by atoms with Crippen molar-refractivity contribution in [1.82, 2.24) is 0 Å². The first kappa shape index (κ1) is 20.2. The summed E-state index contributed by atoms with van der Waals surface area (Å²) in [5.41, 5.74) is -2.38. The number of carboxylic acids is 2. The topological polar surface area (TPSA) is 100 Å². The zero-order valence-electron chi connectivity index (χ0n) is 13.4. The van der Waals surface area contributed by atoms with E-state index < -0.39 is 44.6 Å². The van der Waals surface area contributed by atoms with Gasteiger partial charge in [0, 0.05) is 11.9 Å². The van der Waals surface area contributed by atoms with E-state index in [1.54, 1.807) is 0 Å². The quantitative estimate of drug-likeness (QED) is 0.563. The van der Waals surface area contributed by atoms with E-state index in [2.05, 4.69) is 60.7 Å². The summed E-state index contributed by atoms with van der Waals surface area (Å²) < 4.78 is 3.08. The summed E-state index contributed by atoms with van der Waals surface area (Å²) in [5.74, 6) is -4.94. The second-order valence-corrected chi connectivity index (χ2v) is 9.34. The first-order valence-electron chi connectivity index (χ1n) is 7.27. The molecule has 0 aromatic heterocycles. The van der Waals surface area contributed by atoms with E-state index in [1.165, 1.54) is 7.16 Å². The van der Waals surface area contributed by atoms with Gasteiger partial charge in [-0.2, -0.15) is 0 Å². The van der Waals surface area contributed by atoms with Gasteiger partial charge in [-0.3, -0.25) is 0 Å². The Morgan fingerprint density at radius 2 is 1.33 bits per heavy atom. The summed E-state index contributed by atoms with van der Waals surface area (Å²) in [6, 6.07) is 21.6. The molecule has 2 unspecified atom stereocenters. The summed E-state index contributed by atoms with van der Waals surface area (Å²) in [4.78, 5) is 20.2. The third kappa shape index (κ3) is 6.33. The Labute approximate surface area is 151 Å². The Hall–Kier alpha value is -1.86. The van der Waals surface area contributed by atoms with Gasteiger partial charge in [0.25, 0.3) is 0 Å². The van der Waals surface area contributed by atoms with Crippen LogP contribution < -0.4 is 17.4 Å². The molecule has 0 saturated heterocycles. The molecular formula is C18H18O5Sn. The second kappa shape index (κ2) is 9.44. The average molecular weight is 433 g/mol. The van der Waals surface area contributed by atoms with Crippen LogP contribution in [0.4, 0.5) is 0 Å². The number of rotatable bonds is 5. The van der Waals surface area contributed by atoms with Crippen LogP contribution in [0.5, 0.6) is 0 Å². The molecule has 0 saturated carbocycles. The van der Waals surface area contributed by atoms with Gasteiger partial charge in [-0.05, 0) is 6.92 Å². The van der Waals surface area contributed by atoms with Crippen LogP contribution in [0.1, 0.15) is 13.8 Å². The van der Waals surface area contributed by atoms with Crippen LogP contribution in [-0.4, -0.2) is 43.8 Å². The molecule has 0 aliphatic carbocycles. The van der Waals surface area contributed by atoms with Crippen LogP contribution >= 0.6 is 0 Å². The molecule has 0 aliphatic rings. The third-order valence-corrected chi connectivity index (χ3v) is 7.00. The van der Waals surface area contributed by atoms with E-state index in [0.29, 0.717) is 0 Å². The van der Waals surface area contributed by atoms with Crippen LogP contribution in [0.2, 0.25) is 0 Å². The van der Waals surface area contributed by atoms with Crippen molar-refractivity contribution >= 4 is 40.2 Å². The van der Waals surface area contributed by atoms with Gasteiger partial charge in [-0.1, -0.05) is 6.92 Å². The van der Waals surface area contributed by atoms with Crippen LogP contribution in [0, 0.1) is 5.92 Å². The fraction of sp³-hybridized carbons (Fsp3) is 0.222. The number of hydrogen-bond acceptors (Lipinski definition) is 5. The van der Waals surface area contributed by atoms with Crippen molar-refractivity contribution in [3.8, 4) is 0 Å². The Kier molecular flexibility index (Phi) is 7.94. The van der Waals surface area contributed by atoms with Crippen LogP contribution in [0.25, 0.3) is 0 Å². The predicted octanol–water partition coefficient (Wildman–Crippen LogP) is -1.79. The van der Waals surface area contributed by atoms with Gasteiger partial charge < -0.3 is 24.9 Å². The number of hydrogen-bond donors (Lipinski definition) is 1. The van der Waals surface area contributed by atoms with Gasteiger partial charge in [0.15, 0.2) is 0 Å². The maximum absolute atomic E-state index is 10.1. The molecule has 0 aliphatic heterocycles. The zero-order valence-corrected chi connectivity index (χ0v) is 16.3. The molecule has 24 heavy (non-hydrogen) atoms. The first-order valence-corrected chi connectivity index (χ1v) is 10.1. The molecule has 0 amide bonds. The van der Waals surface area contributed by atoms with E-state index in [4.69, 9.17) is 5.11 Å². The summed E-state index contributed by atoms with van der Waals surface area (Å²) in [5, 5.41) is 29.2. The van der Waals surface area contributed by atoms with Crippen molar-refractivity contribution in [3.05, 3.63) is 60.7 Å². The second-order valence-electron chi connectivity index (χ2n) is 5.33. The van der Waals surface area contributed by atoms with Crippen LogP contribution in [0.15, 0.2) is 60.7 Å². The van der Waals surface area contributed by atoms with Gasteiger partial charge in [-0.15, -0.1) is 0 Å². The van der Waals surface area contributed by atoms with Crippen LogP contribution in [-0.2, 0) is 9.59 Å². The zero-order chi connectivity index (χ0) is 18.2. The van der Waals surface area contributed by atoms with Gasteiger partial charge in [0.1, 0.15) is 5.60 Å². The number of carbonyl (C=O) groups excluding carboxylic acids is 2. The number of aliphatic carboxylic acids is 2. The van der Waals surface area contributed by atoms with Crippen molar-refractivity contribution in [1.29, 1.82) is 0 Å². The van der Waals surface area contributed by atoms with E-state index in [1.807, 2.05) is 0 Å².